The van der Waals surface area contributed by atoms with Crippen LogP contribution in [0.2, 0.25) is 0 Å². The van der Waals surface area contributed by atoms with E-state index in [9.17, 15) is 0 Å². The maximum atomic E-state index is 6.51. The van der Waals surface area contributed by atoms with Gasteiger partial charge in [-0.25, -0.2) is 19.9 Å². The molecule has 9 aromatic rings. The van der Waals surface area contributed by atoms with Crippen molar-refractivity contribution in [2.24, 2.45) is 0 Å². The van der Waals surface area contributed by atoms with Crippen LogP contribution in [0.15, 0.2) is 205 Å². The summed E-state index contributed by atoms with van der Waals surface area (Å²) >= 11 is 0. The second-order valence-corrected chi connectivity index (χ2v) is 14.9. The highest BCUT2D eigenvalue weighted by Crippen LogP contribution is 2.58. The smallest absolute Gasteiger partial charge is 0.227 e. The summed E-state index contributed by atoms with van der Waals surface area (Å²) in [6.45, 7) is 0. The molecule has 2 atom stereocenters. The van der Waals surface area contributed by atoms with Crippen LogP contribution < -0.4 is 0 Å². The van der Waals surface area contributed by atoms with Crippen molar-refractivity contribution in [1.29, 1.82) is 0 Å². The van der Waals surface area contributed by atoms with E-state index in [-0.39, 0.29) is 0 Å². The van der Waals surface area contributed by atoms with Gasteiger partial charge in [-0.15, -0.1) is 0 Å². The predicted octanol–water partition coefficient (Wildman–Crippen LogP) is 12.5. The van der Waals surface area contributed by atoms with Gasteiger partial charge in [-0.1, -0.05) is 176 Å². The minimum Gasteiger partial charge on any atom is -0.436 e. The molecule has 2 unspecified atom stereocenters. The van der Waals surface area contributed by atoms with Crippen molar-refractivity contribution in [3.05, 3.63) is 234 Å². The maximum Gasteiger partial charge on any atom is 0.227 e. The SMILES string of the molecule is C1=CC(c2ccccc2)CC=C1c1nc(-c2ccccc2)nc(-c2cccc3c2-c2ccccc2C3(c2ccccc2)c2ccc3nc(-c4ccccc4)oc3c2)n1. The fourth-order valence-electron chi connectivity index (χ4n) is 8.93. The van der Waals surface area contributed by atoms with Crippen LogP contribution in [0, 0.1) is 0 Å². The Morgan fingerprint density at radius 1 is 0.500 bits per heavy atom. The van der Waals surface area contributed by atoms with Gasteiger partial charge in [0.05, 0.1) is 5.41 Å². The second-order valence-electron chi connectivity index (χ2n) is 14.9. The summed E-state index contributed by atoms with van der Waals surface area (Å²) in [6.07, 6.45) is 7.57. The lowest BCUT2D eigenvalue weighted by atomic mass is 9.67. The molecule has 2 aliphatic carbocycles. The molecule has 2 aromatic heterocycles. The number of rotatable bonds is 7. The first kappa shape index (κ1) is 33.8. The third kappa shape index (κ3) is 5.54. The van der Waals surface area contributed by atoms with E-state index < -0.39 is 5.41 Å². The first-order valence-corrected chi connectivity index (χ1v) is 19.7. The van der Waals surface area contributed by atoms with E-state index in [1.54, 1.807) is 0 Å². The van der Waals surface area contributed by atoms with Crippen LogP contribution in [0.5, 0.6) is 0 Å². The standard InChI is InChI=1S/C53H36N4O/c1-5-16-35(17-6-1)36-28-30-38(31-29-36)50-55-49(37-18-7-2-8-19-37)56-51(57-50)43-25-15-27-45-48(43)42-24-13-14-26-44(42)53(45,40-22-11-4-12-23-40)41-32-33-46-47(34-41)58-52(54-46)39-20-9-3-10-21-39/h1-28,30-34,36H,29H2. The van der Waals surface area contributed by atoms with Crippen molar-refractivity contribution < 1.29 is 4.42 Å². The van der Waals surface area contributed by atoms with Gasteiger partial charge in [0, 0.05) is 28.2 Å². The summed E-state index contributed by atoms with van der Waals surface area (Å²) in [4.78, 5) is 20.5. The quantitative estimate of drug-likeness (QED) is 0.163. The molecule has 7 aromatic carbocycles. The predicted molar refractivity (Wildman–Crippen MR) is 232 cm³/mol. The highest BCUT2D eigenvalue weighted by atomic mass is 16.3. The molecule has 11 rings (SSSR count). The van der Waals surface area contributed by atoms with E-state index in [0.29, 0.717) is 29.3 Å². The summed E-state index contributed by atoms with van der Waals surface area (Å²) < 4.78 is 6.51. The number of aromatic nitrogens is 4. The molecule has 0 N–H and O–H groups in total. The lowest BCUT2D eigenvalue weighted by Crippen LogP contribution is -2.28. The average molecular weight is 745 g/mol. The van der Waals surface area contributed by atoms with E-state index in [4.69, 9.17) is 24.4 Å². The van der Waals surface area contributed by atoms with E-state index >= 15 is 0 Å². The van der Waals surface area contributed by atoms with Crippen molar-refractivity contribution in [3.63, 3.8) is 0 Å². The number of nitrogens with zero attached hydrogens (tertiary/aromatic N) is 4. The van der Waals surface area contributed by atoms with Crippen LogP contribution in [0.3, 0.4) is 0 Å². The largest absolute Gasteiger partial charge is 0.436 e. The molecule has 2 heterocycles. The second kappa shape index (κ2) is 13.9. The summed E-state index contributed by atoms with van der Waals surface area (Å²) in [6, 6.07) is 63.5. The Bertz CT molecular complexity index is 3030. The molecule has 0 fully saturated rings. The zero-order chi connectivity index (χ0) is 38.5. The van der Waals surface area contributed by atoms with Crippen LogP contribution in [0.1, 0.15) is 46.0 Å². The van der Waals surface area contributed by atoms with Crippen molar-refractivity contribution >= 4 is 16.7 Å². The number of hydrogen-bond acceptors (Lipinski definition) is 5. The molecule has 2 aliphatic rings. The summed E-state index contributed by atoms with van der Waals surface area (Å²) in [5.74, 6) is 2.85. The van der Waals surface area contributed by atoms with Crippen LogP contribution in [-0.2, 0) is 5.41 Å². The minimum absolute atomic E-state index is 0.306. The zero-order valence-electron chi connectivity index (χ0n) is 31.5. The molecular weight excluding hydrogens is 709 g/mol. The van der Waals surface area contributed by atoms with Crippen molar-refractivity contribution in [3.8, 4) is 45.4 Å². The molecule has 5 nitrogen and oxygen atoms in total. The Morgan fingerprint density at radius 3 is 1.90 bits per heavy atom. The van der Waals surface area contributed by atoms with Gasteiger partial charge in [-0.05, 0) is 69.6 Å². The van der Waals surface area contributed by atoms with Crippen LogP contribution in [0.4, 0.5) is 0 Å². The summed E-state index contributed by atoms with van der Waals surface area (Å²) in [7, 11) is 0. The highest BCUT2D eigenvalue weighted by Gasteiger charge is 2.47. The number of allylic oxidation sites excluding steroid dienone is 4. The molecule has 0 saturated heterocycles. The van der Waals surface area contributed by atoms with E-state index in [1.165, 1.54) is 11.1 Å². The van der Waals surface area contributed by atoms with Gasteiger partial charge in [0.25, 0.3) is 0 Å². The Kier molecular flexibility index (Phi) is 8.11. The highest BCUT2D eigenvalue weighted by molar-refractivity contribution is 5.95. The maximum absolute atomic E-state index is 6.51. The molecule has 0 radical (unpaired) electrons. The van der Waals surface area contributed by atoms with Crippen molar-refractivity contribution in [2.75, 3.05) is 0 Å². The number of oxazole rings is 1. The van der Waals surface area contributed by atoms with Gasteiger partial charge in [0.2, 0.25) is 5.89 Å². The number of benzene rings is 7. The van der Waals surface area contributed by atoms with Crippen molar-refractivity contribution in [1.82, 2.24) is 19.9 Å². The molecule has 0 amide bonds. The Labute approximate surface area is 336 Å². The molecule has 0 saturated carbocycles. The third-order valence-corrected chi connectivity index (χ3v) is 11.6. The lowest BCUT2D eigenvalue weighted by Gasteiger charge is -2.33. The minimum atomic E-state index is -0.670. The third-order valence-electron chi connectivity index (χ3n) is 11.6. The van der Waals surface area contributed by atoms with Crippen LogP contribution in [0.25, 0.3) is 62.0 Å². The molecule has 274 valence electrons. The Hall–Kier alpha value is -7.50. The first-order valence-electron chi connectivity index (χ1n) is 19.7. The molecule has 5 heteroatoms. The number of fused-ring (bicyclic) bond motifs is 4. The van der Waals surface area contributed by atoms with Gasteiger partial charge >= 0.3 is 0 Å². The van der Waals surface area contributed by atoms with Crippen LogP contribution >= 0.6 is 0 Å². The van der Waals surface area contributed by atoms with Crippen LogP contribution in [-0.4, -0.2) is 19.9 Å². The van der Waals surface area contributed by atoms with E-state index in [2.05, 4.69) is 152 Å². The molecule has 0 bridgehead atoms. The average Bonchev–Trinajstić information content (AvgIpc) is 3.88. The number of hydrogen-bond donors (Lipinski definition) is 0. The van der Waals surface area contributed by atoms with E-state index in [0.717, 1.165) is 67.6 Å². The normalized spacial score (nSPS) is 16.8. The first-order chi connectivity index (χ1) is 28.7. The van der Waals surface area contributed by atoms with Gasteiger partial charge in [0.15, 0.2) is 23.1 Å². The van der Waals surface area contributed by atoms with Gasteiger partial charge < -0.3 is 4.42 Å². The Balaban J connectivity index is 1.12. The molecule has 0 spiro atoms. The van der Waals surface area contributed by atoms with Crippen molar-refractivity contribution in [2.45, 2.75) is 17.8 Å². The zero-order valence-corrected chi connectivity index (χ0v) is 31.5. The Morgan fingerprint density at radius 2 is 1.14 bits per heavy atom. The molecular formula is C53H36N4O. The molecule has 0 aliphatic heterocycles. The molecule has 58 heavy (non-hydrogen) atoms. The topological polar surface area (TPSA) is 64.7 Å². The van der Waals surface area contributed by atoms with Gasteiger partial charge in [-0.2, -0.15) is 0 Å². The lowest BCUT2D eigenvalue weighted by molar-refractivity contribution is 0.618. The summed E-state index contributed by atoms with van der Waals surface area (Å²) in [5.41, 5.74) is 12.9. The fraction of sp³-hybridized carbons (Fsp3) is 0.0566. The monoisotopic (exact) mass is 744 g/mol. The van der Waals surface area contributed by atoms with Gasteiger partial charge in [0.1, 0.15) is 5.52 Å². The fourth-order valence-corrected chi connectivity index (χ4v) is 8.93. The van der Waals surface area contributed by atoms with E-state index in [1.807, 2.05) is 48.5 Å². The summed E-state index contributed by atoms with van der Waals surface area (Å²) in [5, 5.41) is 0. The van der Waals surface area contributed by atoms with Gasteiger partial charge in [-0.3, -0.25) is 0 Å².